The first-order chi connectivity index (χ1) is 13.8. The summed E-state index contributed by atoms with van der Waals surface area (Å²) in [6.07, 6.45) is 1.34. The van der Waals surface area contributed by atoms with Crippen LogP contribution in [0.2, 0.25) is 0 Å². The second kappa shape index (κ2) is 9.23. The second-order valence-corrected chi connectivity index (χ2v) is 8.46. The molecular formula is C24H31N3O2. The number of nitrogens with zero attached hydrogens (tertiary/aromatic N) is 1. The van der Waals surface area contributed by atoms with Crippen LogP contribution in [-0.2, 0) is 4.79 Å². The minimum absolute atomic E-state index is 0.0277. The van der Waals surface area contributed by atoms with Crippen molar-refractivity contribution in [2.75, 3.05) is 18.4 Å². The van der Waals surface area contributed by atoms with Crippen molar-refractivity contribution < 1.29 is 9.59 Å². The minimum Gasteiger partial charge on any atom is -0.338 e. The maximum absolute atomic E-state index is 13.0. The Bertz CT molecular complexity index is 856. The van der Waals surface area contributed by atoms with E-state index in [1.54, 1.807) is 6.07 Å². The predicted octanol–water partition coefficient (Wildman–Crippen LogP) is 4.14. The summed E-state index contributed by atoms with van der Waals surface area (Å²) in [6.45, 7) is 7.86. The number of anilines is 1. The summed E-state index contributed by atoms with van der Waals surface area (Å²) in [4.78, 5) is 27.5. The first-order valence-electron chi connectivity index (χ1n) is 10.3. The molecule has 3 rings (SSSR count). The average Bonchev–Trinajstić information content (AvgIpc) is 2.69. The molecular weight excluding hydrogens is 362 g/mol. The van der Waals surface area contributed by atoms with Crippen LogP contribution in [0.25, 0.3) is 0 Å². The van der Waals surface area contributed by atoms with Crippen molar-refractivity contribution in [1.29, 1.82) is 0 Å². The maximum Gasteiger partial charge on any atom is 0.253 e. The predicted molar refractivity (Wildman–Crippen MR) is 117 cm³/mol. The Morgan fingerprint density at radius 3 is 2.41 bits per heavy atom. The number of hydrogen-bond acceptors (Lipinski definition) is 3. The number of amides is 2. The molecule has 0 bridgehead atoms. The monoisotopic (exact) mass is 393 g/mol. The maximum atomic E-state index is 13.0. The molecule has 0 spiro atoms. The smallest absolute Gasteiger partial charge is 0.253 e. The molecule has 1 heterocycles. The third-order valence-corrected chi connectivity index (χ3v) is 5.55. The van der Waals surface area contributed by atoms with E-state index in [0.717, 1.165) is 30.6 Å². The van der Waals surface area contributed by atoms with E-state index < -0.39 is 0 Å². The van der Waals surface area contributed by atoms with E-state index in [9.17, 15) is 9.59 Å². The molecule has 154 valence electrons. The number of hydrogen-bond donors (Lipinski definition) is 2. The van der Waals surface area contributed by atoms with Gasteiger partial charge in [-0.25, -0.2) is 0 Å². The van der Waals surface area contributed by atoms with Crippen LogP contribution in [0, 0.1) is 18.8 Å². The van der Waals surface area contributed by atoms with E-state index in [4.69, 9.17) is 5.73 Å². The lowest BCUT2D eigenvalue weighted by Crippen LogP contribution is -2.42. The lowest BCUT2D eigenvalue weighted by atomic mass is 9.91. The number of carbonyl (C=O) groups is 2. The molecule has 2 amide bonds. The van der Waals surface area contributed by atoms with Gasteiger partial charge in [0.2, 0.25) is 5.91 Å². The van der Waals surface area contributed by atoms with Crippen LogP contribution in [0.1, 0.15) is 54.2 Å². The molecule has 3 unspecified atom stereocenters. The Labute approximate surface area is 173 Å². The van der Waals surface area contributed by atoms with Gasteiger partial charge >= 0.3 is 0 Å². The van der Waals surface area contributed by atoms with Gasteiger partial charge in [-0.1, -0.05) is 50.2 Å². The van der Waals surface area contributed by atoms with Crippen molar-refractivity contribution in [3.05, 3.63) is 65.2 Å². The third-order valence-electron chi connectivity index (χ3n) is 5.55. The zero-order chi connectivity index (χ0) is 21.0. The molecule has 1 fully saturated rings. The van der Waals surface area contributed by atoms with Crippen molar-refractivity contribution in [2.45, 2.75) is 39.7 Å². The first-order valence-corrected chi connectivity index (χ1v) is 10.3. The van der Waals surface area contributed by atoms with Gasteiger partial charge in [-0.2, -0.15) is 0 Å². The molecule has 3 N–H and O–H groups in total. The van der Waals surface area contributed by atoms with Crippen molar-refractivity contribution in [3.63, 3.8) is 0 Å². The third kappa shape index (κ3) is 5.45. The number of aryl methyl sites for hydroxylation is 1. The van der Waals surface area contributed by atoms with Crippen molar-refractivity contribution in [3.8, 4) is 0 Å². The van der Waals surface area contributed by atoms with E-state index >= 15 is 0 Å². The van der Waals surface area contributed by atoms with Gasteiger partial charge < -0.3 is 16.0 Å². The Kier molecular flexibility index (Phi) is 6.70. The Morgan fingerprint density at radius 1 is 1.10 bits per heavy atom. The zero-order valence-corrected chi connectivity index (χ0v) is 17.5. The molecule has 0 radical (unpaired) electrons. The Morgan fingerprint density at radius 2 is 1.76 bits per heavy atom. The Balaban J connectivity index is 1.68. The topological polar surface area (TPSA) is 75.4 Å². The van der Waals surface area contributed by atoms with Crippen LogP contribution in [-0.4, -0.2) is 29.8 Å². The largest absolute Gasteiger partial charge is 0.338 e. The van der Waals surface area contributed by atoms with Gasteiger partial charge in [0.15, 0.2) is 0 Å². The molecule has 2 aromatic rings. The number of nitrogens with two attached hydrogens (primary N) is 1. The SMILES string of the molecule is Cc1ccc(C(=O)N2CC(C)CC(C)C2)cc1NC(=O)CC(N)c1ccccc1. The van der Waals surface area contributed by atoms with E-state index in [1.165, 1.54) is 0 Å². The molecule has 1 aliphatic heterocycles. The molecule has 0 saturated carbocycles. The van der Waals surface area contributed by atoms with Crippen LogP contribution in [0.4, 0.5) is 5.69 Å². The van der Waals surface area contributed by atoms with Gasteiger partial charge in [0.1, 0.15) is 0 Å². The molecule has 5 nitrogen and oxygen atoms in total. The van der Waals surface area contributed by atoms with Gasteiger partial charge in [-0.3, -0.25) is 9.59 Å². The number of piperidine rings is 1. The standard InChI is InChI=1S/C24H31N3O2/c1-16-11-17(2)15-27(14-16)24(29)20-10-9-18(3)22(12-20)26-23(28)13-21(25)19-7-5-4-6-8-19/h4-10,12,16-17,21H,11,13-15,25H2,1-3H3,(H,26,28). The van der Waals surface area contributed by atoms with Crippen molar-refractivity contribution >= 4 is 17.5 Å². The lowest BCUT2D eigenvalue weighted by Gasteiger charge is -2.35. The van der Waals surface area contributed by atoms with E-state index in [0.29, 0.717) is 23.1 Å². The fourth-order valence-electron chi connectivity index (χ4n) is 4.12. The van der Waals surface area contributed by atoms with E-state index in [2.05, 4.69) is 19.2 Å². The molecule has 1 saturated heterocycles. The van der Waals surface area contributed by atoms with Gasteiger partial charge in [-0.05, 0) is 48.4 Å². The van der Waals surface area contributed by atoms with E-state index in [1.807, 2.05) is 54.3 Å². The van der Waals surface area contributed by atoms with E-state index in [-0.39, 0.29) is 24.3 Å². The quantitative estimate of drug-likeness (QED) is 0.801. The zero-order valence-electron chi connectivity index (χ0n) is 17.5. The summed E-state index contributed by atoms with van der Waals surface area (Å²) in [5.41, 5.74) is 9.29. The number of carbonyl (C=O) groups excluding carboxylic acids is 2. The summed E-state index contributed by atoms with van der Waals surface area (Å²) in [7, 11) is 0. The van der Waals surface area contributed by atoms with Crippen LogP contribution in [0.15, 0.2) is 48.5 Å². The molecule has 0 aromatic heterocycles. The molecule has 1 aliphatic rings. The van der Waals surface area contributed by atoms with Crippen LogP contribution in [0.3, 0.4) is 0 Å². The van der Waals surface area contributed by atoms with Gasteiger partial charge in [0.05, 0.1) is 0 Å². The van der Waals surface area contributed by atoms with Crippen molar-refractivity contribution in [1.82, 2.24) is 4.90 Å². The van der Waals surface area contributed by atoms with Gasteiger partial charge in [0.25, 0.3) is 5.91 Å². The highest BCUT2D eigenvalue weighted by Crippen LogP contribution is 2.25. The van der Waals surface area contributed by atoms with Crippen LogP contribution in [0.5, 0.6) is 0 Å². The average molecular weight is 394 g/mol. The fraction of sp³-hybridized carbons (Fsp3) is 0.417. The lowest BCUT2D eigenvalue weighted by molar-refractivity contribution is -0.116. The molecule has 29 heavy (non-hydrogen) atoms. The summed E-state index contributed by atoms with van der Waals surface area (Å²) in [6, 6.07) is 14.7. The second-order valence-electron chi connectivity index (χ2n) is 8.46. The van der Waals surface area contributed by atoms with Crippen LogP contribution < -0.4 is 11.1 Å². The van der Waals surface area contributed by atoms with Gasteiger partial charge in [0, 0.05) is 36.8 Å². The summed E-state index contributed by atoms with van der Waals surface area (Å²) < 4.78 is 0. The fourth-order valence-corrected chi connectivity index (χ4v) is 4.12. The molecule has 2 aromatic carbocycles. The molecule has 5 heteroatoms. The normalized spacial score (nSPS) is 20.2. The summed E-state index contributed by atoms with van der Waals surface area (Å²) >= 11 is 0. The Hall–Kier alpha value is -2.66. The summed E-state index contributed by atoms with van der Waals surface area (Å²) in [5, 5.41) is 2.94. The molecule has 0 aliphatic carbocycles. The highest BCUT2D eigenvalue weighted by atomic mass is 16.2. The first kappa shape index (κ1) is 21.1. The van der Waals surface area contributed by atoms with Crippen LogP contribution >= 0.6 is 0 Å². The highest BCUT2D eigenvalue weighted by molar-refractivity contribution is 5.98. The molecule has 3 atom stereocenters. The number of nitrogens with one attached hydrogen (secondary N) is 1. The number of rotatable bonds is 5. The minimum atomic E-state index is -0.363. The number of benzene rings is 2. The summed E-state index contributed by atoms with van der Waals surface area (Å²) in [5.74, 6) is 0.882. The van der Waals surface area contributed by atoms with Gasteiger partial charge in [-0.15, -0.1) is 0 Å². The van der Waals surface area contributed by atoms with Crippen molar-refractivity contribution in [2.24, 2.45) is 17.6 Å². The highest BCUT2D eigenvalue weighted by Gasteiger charge is 2.26. The number of likely N-dealkylation sites (tertiary alicyclic amines) is 1.